The Morgan fingerprint density at radius 1 is 1.00 bits per heavy atom. The molecule has 0 bridgehead atoms. The van der Waals surface area contributed by atoms with Crippen LogP contribution in [0.15, 0.2) is 24.3 Å². The fourth-order valence-electron chi connectivity index (χ4n) is 4.35. The predicted molar refractivity (Wildman–Crippen MR) is 103 cm³/mol. The minimum atomic E-state index is -1.09. The Morgan fingerprint density at radius 2 is 1.62 bits per heavy atom. The highest BCUT2D eigenvalue weighted by Gasteiger charge is 2.39. The number of fused-ring (bicyclic) bond motifs is 1. The largest absolute Gasteiger partial charge is 0.481 e. The topological polar surface area (TPSA) is 124 Å². The SMILES string of the molecule is CC(NC(=O)C1CCCCC1C(=O)O)C(=O)N1Cc2ccccc2CC1C(=O)O. The average molecular weight is 402 g/mol. The molecule has 1 aromatic rings. The summed E-state index contributed by atoms with van der Waals surface area (Å²) in [5, 5.41) is 21.6. The zero-order valence-electron chi connectivity index (χ0n) is 16.3. The summed E-state index contributed by atoms with van der Waals surface area (Å²) >= 11 is 0. The summed E-state index contributed by atoms with van der Waals surface area (Å²) in [6, 6.07) is 5.44. The third-order valence-electron chi connectivity index (χ3n) is 5.97. The first-order chi connectivity index (χ1) is 13.8. The molecule has 0 saturated heterocycles. The summed E-state index contributed by atoms with van der Waals surface area (Å²) in [4.78, 5) is 50.1. The molecule has 0 radical (unpaired) electrons. The van der Waals surface area contributed by atoms with Crippen LogP contribution in [0.5, 0.6) is 0 Å². The van der Waals surface area contributed by atoms with Gasteiger partial charge >= 0.3 is 11.9 Å². The summed E-state index contributed by atoms with van der Waals surface area (Å²) in [6.07, 6.45) is 2.66. The lowest BCUT2D eigenvalue weighted by Crippen LogP contribution is -2.55. The van der Waals surface area contributed by atoms with Crippen molar-refractivity contribution in [1.82, 2.24) is 10.2 Å². The number of carboxylic acids is 2. The predicted octanol–water partition coefficient (Wildman–Crippen LogP) is 1.42. The maximum absolute atomic E-state index is 13.0. The molecule has 1 aliphatic carbocycles. The molecule has 29 heavy (non-hydrogen) atoms. The summed E-state index contributed by atoms with van der Waals surface area (Å²) in [5.74, 6) is -4.45. The molecule has 0 aromatic heterocycles. The van der Waals surface area contributed by atoms with Crippen LogP contribution in [-0.2, 0) is 32.1 Å². The van der Waals surface area contributed by atoms with Crippen LogP contribution in [0.1, 0.15) is 43.7 Å². The molecule has 2 amide bonds. The van der Waals surface area contributed by atoms with Crippen LogP contribution >= 0.6 is 0 Å². The van der Waals surface area contributed by atoms with Gasteiger partial charge in [-0.3, -0.25) is 14.4 Å². The van der Waals surface area contributed by atoms with E-state index in [4.69, 9.17) is 0 Å². The van der Waals surface area contributed by atoms with Crippen LogP contribution in [-0.4, -0.2) is 50.9 Å². The van der Waals surface area contributed by atoms with Crippen molar-refractivity contribution in [2.24, 2.45) is 11.8 Å². The van der Waals surface area contributed by atoms with Crippen LogP contribution < -0.4 is 5.32 Å². The normalized spacial score (nSPS) is 24.9. The monoisotopic (exact) mass is 402 g/mol. The number of carboxylic acid groups (broad SMARTS) is 2. The van der Waals surface area contributed by atoms with E-state index in [0.717, 1.165) is 24.0 Å². The minimum Gasteiger partial charge on any atom is -0.481 e. The van der Waals surface area contributed by atoms with Gasteiger partial charge in [-0.1, -0.05) is 37.1 Å². The highest BCUT2D eigenvalue weighted by molar-refractivity contribution is 5.92. The van der Waals surface area contributed by atoms with Gasteiger partial charge in [0.05, 0.1) is 11.8 Å². The van der Waals surface area contributed by atoms with E-state index in [9.17, 15) is 29.4 Å². The fraction of sp³-hybridized carbons (Fsp3) is 0.524. The van der Waals surface area contributed by atoms with Crippen LogP contribution in [0.25, 0.3) is 0 Å². The number of hydrogen-bond donors (Lipinski definition) is 3. The molecule has 1 fully saturated rings. The lowest BCUT2D eigenvalue weighted by molar-refractivity contribution is -0.153. The Labute approximate surface area is 168 Å². The summed E-state index contributed by atoms with van der Waals surface area (Å²) in [6.45, 7) is 1.67. The number of nitrogens with zero attached hydrogens (tertiary/aromatic N) is 1. The van der Waals surface area contributed by atoms with Crippen molar-refractivity contribution in [2.45, 2.75) is 57.7 Å². The van der Waals surface area contributed by atoms with Crippen molar-refractivity contribution >= 4 is 23.8 Å². The van der Waals surface area contributed by atoms with Crippen molar-refractivity contribution < 1.29 is 29.4 Å². The second-order valence-electron chi connectivity index (χ2n) is 7.86. The van der Waals surface area contributed by atoms with E-state index in [1.807, 2.05) is 24.3 Å². The minimum absolute atomic E-state index is 0.160. The van der Waals surface area contributed by atoms with E-state index in [2.05, 4.69) is 5.32 Å². The van der Waals surface area contributed by atoms with Crippen LogP contribution in [0.2, 0.25) is 0 Å². The first-order valence-electron chi connectivity index (χ1n) is 9.93. The van der Waals surface area contributed by atoms with Crippen LogP contribution in [0.4, 0.5) is 0 Å². The second-order valence-corrected chi connectivity index (χ2v) is 7.86. The first kappa shape index (κ1) is 20.8. The van der Waals surface area contributed by atoms with Gasteiger partial charge in [0, 0.05) is 13.0 Å². The van der Waals surface area contributed by atoms with E-state index < -0.39 is 47.7 Å². The molecule has 156 valence electrons. The Morgan fingerprint density at radius 3 is 2.24 bits per heavy atom. The quantitative estimate of drug-likeness (QED) is 0.684. The maximum atomic E-state index is 13.0. The highest BCUT2D eigenvalue weighted by Crippen LogP contribution is 2.31. The third-order valence-corrected chi connectivity index (χ3v) is 5.97. The number of amides is 2. The van der Waals surface area contributed by atoms with Crippen molar-refractivity contribution in [2.75, 3.05) is 0 Å². The summed E-state index contributed by atoms with van der Waals surface area (Å²) in [7, 11) is 0. The number of nitrogens with one attached hydrogen (secondary N) is 1. The first-order valence-corrected chi connectivity index (χ1v) is 9.93. The Kier molecular flexibility index (Phi) is 6.20. The Hall–Kier alpha value is -2.90. The van der Waals surface area contributed by atoms with Gasteiger partial charge in [-0.05, 0) is 30.9 Å². The highest BCUT2D eigenvalue weighted by atomic mass is 16.4. The Balaban J connectivity index is 1.72. The van der Waals surface area contributed by atoms with Crippen LogP contribution in [0.3, 0.4) is 0 Å². The van der Waals surface area contributed by atoms with Crippen LogP contribution in [0, 0.1) is 11.8 Å². The average Bonchev–Trinajstić information content (AvgIpc) is 2.71. The molecule has 3 N–H and O–H groups in total. The number of carbonyl (C=O) groups is 4. The second kappa shape index (κ2) is 8.63. The molecule has 2 aliphatic rings. The van der Waals surface area contributed by atoms with Gasteiger partial charge in [0.2, 0.25) is 11.8 Å². The van der Waals surface area contributed by atoms with E-state index >= 15 is 0 Å². The molecule has 1 saturated carbocycles. The molecule has 4 unspecified atom stereocenters. The summed E-state index contributed by atoms with van der Waals surface area (Å²) in [5.41, 5.74) is 1.78. The lowest BCUT2D eigenvalue weighted by Gasteiger charge is -2.36. The molecule has 3 rings (SSSR count). The number of carbonyl (C=O) groups excluding carboxylic acids is 2. The molecule has 1 heterocycles. The van der Waals surface area contributed by atoms with Gasteiger partial charge in [-0.15, -0.1) is 0 Å². The molecule has 4 atom stereocenters. The number of aliphatic carboxylic acids is 2. The van der Waals surface area contributed by atoms with Crippen molar-refractivity contribution in [1.29, 1.82) is 0 Å². The molecular formula is C21H26N2O6. The van der Waals surface area contributed by atoms with Gasteiger partial charge in [0.15, 0.2) is 0 Å². The zero-order valence-corrected chi connectivity index (χ0v) is 16.3. The fourth-order valence-corrected chi connectivity index (χ4v) is 4.35. The lowest BCUT2D eigenvalue weighted by atomic mass is 9.78. The standard InChI is InChI=1S/C21H26N2O6/c1-12(22-18(24)15-8-4-5-9-16(15)20(26)27)19(25)23-11-14-7-3-2-6-13(14)10-17(23)21(28)29/h2-3,6-7,12,15-17H,4-5,8-11H2,1H3,(H,22,24)(H,26,27)(H,28,29). The molecule has 1 aliphatic heterocycles. The molecular weight excluding hydrogens is 376 g/mol. The van der Waals surface area contributed by atoms with E-state index in [-0.39, 0.29) is 13.0 Å². The van der Waals surface area contributed by atoms with Gasteiger partial charge in [-0.25, -0.2) is 4.79 Å². The molecule has 0 spiro atoms. The van der Waals surface area contributed by atoms with Gasteiger partial charge in [0.25, 0.3) is 0 Å². The number of rotatable bonds is 5. The molecule has 1 aromatic carbocycles. The van der Waals surface area contributed by atoms with E-state index in [1.165, 1.54) is 11.8 Å². The number of benzene rings is 1. The molecule has 8 heteroatoms. The van der Waals surface area contributed by atoms with Gasteiger partial charge < -0.3 is 20.4 Å². The zero-order chi connectivity index (χ0) is 21.1. The van der Waals surface area contributed by atoms with E-state index in [0.29, 0.717) is 12.8 Å². The van der Waals surface area contributed by atoms with Gasteiger partial charge in [0.1, 0.15) is 12.1 Å². The van der Waals surface area contributed by atoms with Crippen molar-refractivity contribution in [3.8, 4) is 0 Å². The summed E-state index contributed by atoms with van der Waals surface area (Å²) < 4.78 is 0. The van der Waals surface area contributed by atoms with Crippen molar-refractivity contribution in [3.05, 3.63) is 35.4 Å². The van der Waals surface area contributed by atoms with Gasteiger partial charge in [-0.2, -0.15) is 0 Å². The Bertz CT molecular complexity index is 823. The third kappa shape index (κ3) is 4.41. The molecule has 8 nitrogen and oxygen atoms in total. The maximum Gasteiger partial charge on any atom is 0.326 e. The van der Waals surface area contributed by atoms with Crippen molar-refractivity contribution in [3.63, 3.8) is 0 Å². The smallest absolute Gasteiger partial charge is 0.326 e. The van der Waals surface area contributed by atoms with E-state index in [1.54, 1.807) is 0 Å². The number of hydrogen-bond acceptors (Lipinski definition) is 4.